The van der Waals surface area contributed by atoms with Gasteiger partial charge in [-0.3, -0.25) is 0 Å². The van der Waals surface area contributed by atoms with Gasteiger partial charge in [0.1, 0.15) is 11.9 Å². The van der Waals surface area contributed by atoms with Gasteiger partial charge in [-0.1, -0.05) is 18.2 Å². The number of hydrogen-bond donors (Lipinski definition) is 1. The molecule has 0 saturated heterocycles. The molecule has 0 aliphatic carbocycles. The summed E-state index contributed by atoms with van der Waals surface area (Å²) in [5, 5.41) is 12.0. The third kappa shape index (κ3) is 2.09. The fraction of sp³-hybridized carbons (Fsp3) is 0.0625. The molecule has 1 N–H and O–H groups in total. The molecule has 2 aromatic carbocycles. The van der Waals surface area contributed by atoms with Crippen molar-refractivity contribution >= 4 is 6.08 Å². The van der Waals surface area contributed by atoms with Crippen LogP contribution in [0.25, 0.3) is 17.2 Å². The van der Waals surface area contributed by atoms with Gasteiger partial charge in [-0.25, -0.2) is 4.39 Å². The Bertz CT molecular complexity index is 711. The molecule has 2 aromatic rings. The quantitative estimate of drug-likeness (QED) is 0.841. The van der Waals surface area contributed by atoms with Crippen molar-refractivity contribution in [2.75, 3.05) is 0 Å². The number of nitriles is 1. The van der Waals surface area contributed by atoms with Crippen molar-refractivity contribution in [1.29, 1.82) is 5.26 Å². The van der Waals surface area contributed by atoms with Gasteiger partial charge in [0.25, 0.3) is 0 Å². The number of fused-ring (bicyclic) bond motifs is 1. The maximum Gasteiger partial charge on any atom is 0.140 e. The Morgan fingerprint density at radius 1 is 1.11 bits per heavy atom. The summed E-state index contributed by atoms with van der Waals surface area (Å²) in [5.74, 6) is -0.478. The molecule has 1 aliphatic rings. The van der Waals surface area contributed by atoms with Gasteiger partial charge in [0.2, 0.25) is 0 Å². The van der Waals surface area contributed by atoms with Crippen LogP contribution in [0.4, 0.5) is 4.39 Å². The van der Waals surface area contributed by atoms with Gasteiger partial charge >= 0.3 is 0 Å². The van der Waals surface area contributed by atoms with E-state index in [-0.39, 0.29) is 5.56 Å². The van der Waals surface area contributed by atoms with Crippen molar-refractivity contribution in [1.82, 2.24) is 5.32 Å². The molecule has 3 rings (SSSR count). The van der Waals surface area contributed by atoms with Crippen LogP contribution in [0, 0.1) is 17.1 Å². The van der Waals surface area contributed by atoms with E-state index in [9.17, 15) is 4.39 Å². The van der Waals surface area contributed by atoms with Crippen LogP contribution in [0.3, 0.4) is 0 Å². The van der Waals surface area contributed by atoms with E-state index in [1.54, 1.807) is 12.1 Å². The first-order valence-electron chi connectivity index (χ1n) is 6.01. The maximum atomic E-state index is 13.3. The Balaban J connectivity index is 2.08. The number of rotatable bonds is 1. The predicted octanol–water partition coefficient (Wildman–Crippen LogP) is 3.44. The summed E-state index contributed by atoms with van der Waals surface area (Å²) in [4.78, 5) is 0. The highest BCUT2D eigenvalue weighted by molar-refractivity contribution is 5.70. The molecular formula is C16H11FN2. The number of hydrogen-bond acceptors (Lipinski definition) is 2. The number of benzene rings is 2. The first kappa shape index (κ1) is 11.5. The maximum absolute atomic E-state index is 13.3. The van der Waals surface area contributed by atoms with Gasteiger partial charge in [0, 0.05) is 6.54 Å². The number of nitrogens with one attached hydrogen (secondary N) is 1. The van der Waals surface area contributed by atoms with E-state index in [2.05, 4.69) is 17.4 Å². The highest BCUT2D eigenvalue weighted by Gasteiger charge is 2.08. The molecule has 0 bridgehead atoms. The molecule has 0 atom stereocenters. The molecule has 0 aromatic heterocycles. The number of nitrogens with zero attached hydrogens (tertiary/aromatic N) is 1. The number of halogens is 1. The zero-order valence-corrected chi connectivity index (χ0v) is 10.2. The van der Waals surface area contributed by atoms with Crippen molar-refractivity contribution < 1.29 is 4.39 Å². The molecule has 92 valence electrons. The third-order valence-electron chi connectivity index (χ3n) is 3.24. The molecule has 0 amide bonds. The van der Waals surface area contributed by atoms with Gasteiger partial charge in [-0.15, -0.1) is 0 Å². The average molecular weight is 250 g/mol. The summed E-state index contributed by atoms with van der Waals surface area (Å²) < 4.78 is 13.3. The lowest BCUT2D eigenvalue weighted by molar-refractivity contribution is 0.624. The minimum Gasteiger partial charge on any atom is -0.387 e. The Hall–Kier alpha value is -2.60. The van der Waals surface area contributed by atoms with E-state index < -0.39 is 5.82 Å². The van der Waals surface area contributed by atoms with E-state index >= 15 is 0 Å². The first-order chi connectivity index (χ1) is 9.28. The second kappa shape index (κ2) is 4.58. The Morgan fingerprint density at radius 3 is 2.74 bits per heavy atom. The van der Waals surface area contributed by atoms with Gasteiger partial charge in [-0.2, -0.15) is 5.26 Å². The molecule has 1 aliphatic heterocycles. The van der Waals surface area contributed by atoms with Crippen LogP contribution in [0.5, 0.6) is 0 Å². The first-order valence-corrected chi connectivity index (χ1v) is 6.01. The zero-order valence-electron chi connectivity index (χ0n) is 10.2. The molecular weight excluding hydrogens is 239 g/mol. The lowest BCUT2D eigenvalue weighted by Crippen LogP contribution is -2.09. The normalized spacial score (nSPS) is 12.4. The second-order valence-corrected chi connectivity index (χ2v) is 4.43. The second-order valence-electron chi connectivity index (χ2n) is 4.43. The van der Waals surface area contributed by atoms with Crippen LogP contribution >= 0.6 is 0 Å². The Morgan fingerprint density at radius 2 is 1.89 bits per heavy atom. The summed E-state index contributed by atoms with van der Waals surface area (Å²) in [6.45, 7) is 0.818. The van der Waals surface area contributed by atoms with Crippen molar-refractivity contribution in [3.63, 3.8) is 0 Å². The van der Waals surface area contributed by atoms with Gasteiger partial charge in [0.15, 0.2) is 0 Å². The molecule has 2 nitrogen and oxygen atoms in total. The van der Waals surface area contributed by atoms with Crippen LogP contribution in [0.1, 0.15) is 16.7 Å². The topological polar surface area (TPSA) is 35.8 Å². The van der Waals surface area contributed by atoms with Gasteiger partial charge in [-0.05, 0) is 52.7 Å². The Kier molecular flexibility index (Phi) is 2.77. The minimum atomic E-state index is -0.478. The highest BCUT2D eigenvalue weighted by Crippen LogP contribution is 2.26. The largest absolute Gasteiger partial charge is 0.387 e. The smallest absolute Gasteiger partial charge is 0.140 e. The summed E-state index contributed by atoms with van der Waals surface area (Å²) >= 11 is 0. The van der Waals surface area contributed by atoms with E-state index in [1.165, 1.54) is 11.6 Å². The molecule has 3 heteroatoms. The van der Waals surface area contributed by atoms with E-state index in [1.807, 2.05) is 24.4 Å². The van der Waals surface area contributed by atoms with E-state index in [0.717, 1.165) is 23.2 Å². The van der Waals surface area contributed by atoms with Crippen molar-refractivity contribution in [3.8, 4) is 17.2 Å². The van der Waals surface area contributed by atoms with E-state index in [0.29, 0.717) is 0 Å². The van der Waals surface area contributed by atoms with Crippen LogP contribution in [0.2, 0.25) is 0 Å². The minimum absolute atomic E-state index is 0.0763. The van der Waals surface area contributed by atoms with Crippen molar-refractivity contribution in [2.45, 2.75) is 6.54 Å². The monoisotopic (exact) mass is 250 g/mol. The van der Waals surface area contributed by atoms with E-state index in [4.69, 9.17) is 5.26 Å². The third-order valence-corrected chi connectivity index (χ3v) is 3.24. The summed E-state index contributed by atoms with van der Waals surface area (Å²) in [6.07, 6.45) is 3.93. The fourth-order valence-electron chi connectivity index (χ4n) is 2.20. The van der Waals surface area contributed by atoms with Gasteiger partial charge < -0.3 is 5.32 Å². The van der Waals surface area contributed by atoms with Crippen LogP contribution in [0.15, 0.2) is 42.6 Å². The molecule has 1 heterocycles. The van der Waals surface area contributed by atoms with Crippen LogP contribution < -0.4 is 5.32 Å². The van der Waals surface area contributed by atoms with Gasteiger partial charge in [0.05, 0.1) is 5.56 Å². The molecule has 0 unspecified atom stereocenters. The molecule has 0 fully saturated rings. The molecule has 0 radical (unpaired) electrons. The summed E-state index contributed by atoms with van der Waals surface area (Å²) in [5.41, 5.74) is 4.30. The summed E-state index contributed by atoms with van der Waals surface area (Å²) in [6, 6.07) is 12.6. The predicted molar refractivity (Wildman–Crippen MR) is 72.4 cm³/mol. The fourth-order valence-corrected chi connectivity index (χ4v) is 2.20. The standard InChI is InChI=1S/C16H11FN2/c17-16-4-3-12(8-15(16)9-18)11-1-2-14-10-19-6-5-13(14)7-11/h1-8,19H,10H2. The summed E-state index contributed by atoms with van der Waals surface area (Å²) in [7, 11) is 0. The molecule has 0 saturated carbocycles. The average Bonchev–Trinajstić information content (AvgIpc) is 2.47. The van der Waals surface area contributed by atoms with Crippen molar-refractivity contribution in [3.05, 3.63) is 65.1 Å². The molecule has 19 heavy (non-hydrogen) atoms. The lowest BCUT2D eigenvalue weighted by Gasteiger charge is -2.13. The lowest BCUT2D eigenvalue weighted by atomic mass is 9.97. The SMILES string of the molecule is N#Cc1cc(-c2ccc3c(c2)C=CNC3)ccc1F. The highest BCUT2D eigenvalue weighted by atomic mass is 19.1. The van der Waals surface area contributed by atoms with Crippen LogP contribution in [-0.4, -0.2) is 0 Å². The molecule has 0 spiro atoms. The zero-order chi connectivity index (χ0) is 13.2. The Labute approximate surface area is 110 Å². The van der Waals surface area contributed by atoms with Crippen molar-refractivity contribution in [2.24, 2.45) is 0 Å². The van der Waals surface area contributed by atoms with Crippen LogP contribution in [-0.2, 0) is 6.54 Å².